The Labute approximate surface area is 96.9 Å². The molecule has 1 aromatic rings. The minimum Gasteiger partial charge on any atom is -0.506 e. The summed E-state index contributed by atoms with van der Waals surface area (Å²) in [6, 6.07) is 2.89. The van der Waals surface area contributed by atoms with Gasteiger partial charge in [-0.3, -0.25) is 18.5 Å². The predicted octanol–water partition coefficient (Wildman–Crippen LogP) is -0.178. The van der Waals surface area contributed by atoms with E-state index in [1.54, 1.807) is 4.72 Å². The first kappa shape index (κ1) is 13.5. The summed E-state index contributed by atoms with van der Waals surface area (Å²) in [5.74, 6) is -0.538. The Balaban J connectivity index is 3.11. The highest BCUT2D eigenvalue weighted by Crippen LogP contribution is 2.27. The van der Waals surface area contributed by atoms with E-state index in [-0.39, 0.29) is 5.69 Å². The summed E-state index contributed by atoms with van der Waals surface area (Å²) in [5, 5.41) is 9.22. The molecule has 0 radical (unpaired) electrons. The Hall–Kier alpha value is -1.56. The van der Waals surface area contributed by atoms with E-state index in [1.807, 2.05) is 0 Å². The minimum absolute atomic E-state index is 0.212. The maximum absolute atomic E-state index is 10.5. The molecular weight excluding hydrogens is 276 g/mol. The van der Waals surface area contributed by atoms with Crippen LogP contribution < -0.4 is 9.44 Å². The number of nitrogens with one attached hydrogen (secondary N) is 2. The molecule has 0 aromatic heterocycles. The SMILES string of the molecule is O=S(=O)(O)Nc1ccc(O)c(NS(=O)(=O)O)c1. The third-order valence-corrected chi connectivity index (χ3v) is 2.45. The van der Waals surface area contributed by atoms with E-state index in [4.69, 9.17) is 9.11 Å². The molecule has 1 aromatic carbocycles. The Morgan fingerprint density at radius 1 is 0.941 bits per heavy atom. The number of rotatable bonds is 4. The first-order valence-electron chi connectivity index (χ1n) is 3.90. The normalized spacial score (nSPS) is 12.1. The molecule has 5 N–H and O–H groups in total. The lowest BCUT2D eigenvalue weighted by molar-refractivity contribution is 0.473. The van der Waals surface area contributed by atoms with E-state index >= 15 is 0 Å². The van der Waals surface area contributed by atoms with Crippen LogP contribution in [0.2, 0.25) is 0 Å². The van der Waals surface area contributed by atoms with E-state index in [0.717, 1.165) is 18.2 Å². The van der Waals surface area contributed by atoms with Crippen molar-refractivity contribution in [3.63, 3.8) is 0 Å². The molecule has 0 atom stereocenters. The van der Waals surface area contributed by atoms with Gasteiger partial charge in [-0.15, -0.1) is 0 Å². The van der Waals surface area contributed by atoms with Crippen molar-refractivity contribution >= 4 is 32.0 Å². The fourth-order valence-electron chi connectivity index (χ4n) is 0.969. The first-order valence-corrected chi connectivity index (χ1v) is 6.78. The Kier molecular flexibility index (Phi) is 3.47. The Bertz CT molecular complexity index is 622. The molecule has 0 aliphatic rings. The average Bonchev–Trinajstić information content (AvgIpc) is 2.05. The molecule has 0 amide bonds. The molecule has 0 spiro atoms. The van der Waals surface area contributed by atoms with Crippen LogP contribution in [-0.4, -0.2) is 31.0 Å². The summed E-state index contributed by atoms with van der Waals surface area (Å²) in [6.07, 6.45) is 0. The number of aromatic hydroxyl groups is 1. The van der Waals surface area contributed by atoms with Crippen molar-refractivity contribution in [3.05, 3.63) is 18.2 Å². The van der Waals surface area contributed by atoms with Crippen LogP contribution >= 0.6 is 0 Å². The zero-order valence-electron chi connectivity index (χ0n) is 8.02. The molecule has 0 saturated heterocycles. The van der Waals surface area contributed by atoms with Crippen LogP contribution in [0, 0.1) is 0 Å². The molecule has 0 bridgehead atoms. The molecule has 0 aliphatic carbocycles. The van der Waals surface area contributed by atoms with Gasteiger partial charge in [0, 0.05) is 0 Å². The van der Waals surface area contributed by atoms with Crippen LogP contribution in [0.1, 0.15) is 0 Å². The zero-order valence-corrected chi connectivity index (χ0v) is 9.66. The molecule has 1 rings (SSSR count). The summed E-state index contributed by atoms with van der Waals surface area (Å²) in [6.45, 7) is 0. The fourth-order valence-corrected chi connectivity index (χ4v) is 1.84. The number of phenols is 1. The summed E-state index contributed by atoms with van der Waals surface area (Å²) >= 11 is 0. The number of phenolic OH excluding ortho intramolecular Hbond substituents is 1. The molecule has 0 heterocycles. The molecule has 96 valence electrons. The van der Waals surface area contributed by atoms with E-state index in [1.165, 1.54) is 4.72 Å². The topological polar surface area (TPSA) is 153 Å². The van der Waals surface area contributed by atoms with Crippen molar-refractivity contribution in [2.75, 3.05) is 9.44 Å². The van der Waals surface area contributed by atoms with Crippen molar-refractivity contribution in [1.82, 2.24) is 0 Å². The van der Waals surface area contributed by atoms with Crippen molar-refractivity contribution in [2.45, 2.75) is 0 Å². The van der Waals surface area contributed by atoms with E-state index in [0.29, 0.717) is 0 Å². The van der Waals surface area contributed by atoms with Gasteiger partial charge >= 0.3 is 20.6 Å². The molecular formula is C6H8N2O7S2. The van der Waals surface area contributed by atoms with Gasteiger partial charge in [-0.05, 0) is 18.2 Å². The highest BCUT2D eigenvalue weighted by molar-refractivity contribution is 7.87. The highest BCUT2D eigenvalue weighted by atomic mass is 32.2. The monoisotopic (exact) mass is 284 g/mol. The summed E-state index contributed by atoms with van der Waals surface area (Å²) in [5.41, 5.74) is -0.669. The summed E-state index contributed by atoms with van der Waals surface area (Å²) in [4.78, 5) is 0. The zero-order chi connectivity index (χ0) is 13.3. The van der Waals surface area contributed by atoms with Gasteiger partial charge in [0.2, 0.25) is 0 Å². The van der Waals surface area contributed by atoms with Crippen LogP contribution in [0.3, 0.4) is 0 Å². The maximum atomic E-state index is 10.5. The number of hydrogen-bond donors (Lipinski definition) is 5. The standard InChI is InChI=1S/C6H8N2O7S2/c9-6-2-1-4(7-16(10,11)12)3-5(6)8-17(13,14)15/h1-3,7-9H,(H,10,11,12)(H,13,14,15). The van der Waals surface area contributed by atoms with Gasteiger partial charge in [-0.1, -0.05) is 0 Å². The molecule has 9 nitrogen and oxygen atoms in total. The van der Waals surface area contributed by atoms with Crippen molar-refractivity contribution in [3.8, 4) is 5.75 Å². The van der Waals surface area contributed by atoms with Crippen molar-refractivity contribution in [1.29, 1.82) is 0 Å². The summed E-state index contributed by atoms with van der Waals surface area (Å²) < 4.78 is 62.1. The largest absolute Gasteiger partial charge is 0.506 e. The van der Waals surface area contributed by atoms with Crippen LogP contribution in [-0.2, 0) is 20.6 Å². The molecule has 0 aliphatic heterocycles. The van der Waals surface area contributed by atoms with Gasteiger partial charge in [0.05, 0.1) is 11.4 Å². The van der Waals surface area contributed by atoms with E-state index in [2.05, 4.69) is 0 Å². The first-order chi connectivity index (χ1) is 7.57. The lowest BCUT2D eigenvalue weighted by Gasteiger charge is -2.08. The third-order valence-electron chi connectivity index (χ3n) is 1.48. The van der Waals surface area contributed by atoms with Gasteiger partial charge in [-0.2, -0.15) is 16.8 Å². The molecule has 17 heavy (non-hydrogen) atoms. The fraction of sp³-hybridized carbons (Fsp3) is 0. The highest BCUT2D eigenvalue weighted by Gasteiger charge is 2.11. The van der Waals surface area contributed by atoms with Gasteiger partial charge in [0.15, 0.2) is 0 Å². The van der Waals surface area contributed by atoms with Crippen LogP contribution in [0.15, 0.2) is 18.2 Å². The smallest absolute Gasteiger partial charge is 0.357 e. The Morgan fingerprint density at radius 3 is 1.94 bits per heavy atom. The minimum atomic E-state index is -4.61. The second-order valence-electron chi connectivity index (χ2n) is 2.89. The quantitative estimate of drug-likeness (QED) is 0.292. The molecule has 0 unspecified atom stereocenters. The molecule has 0 fully saturated rings. The van der Waals surface area contributed by atoms with E-state index in [9.17, 15) is 21.9 Å². The van der Waals surface area contributed by atoms with Crippen molar-refractivity contribution in [2.24, 2.45) is 0 Å². The number of anilines is 2. The Morgan fingerprint density at radius 2 is 1.47 bits per heavy atom. The lowest BCUT2D eigenvalue weighted by Crippen LogP contribution is -2.12. The van der Waals surface area contributed by atoms with Crippen LogP contribution in [0.4, 0.5) is 11.4 Å². The lowest BCUT2D eigenvalue weighted by atomic mass is 10.3. The third kappa shape index (κ3) is 4.86. The maximum Gasteiger partial charge on any atom is 0.357 e. The average molecular weight is 284 g/mol. The van der Waals surface area contributed by atoms with Crippen LogP contribution in [0.25, 0.3) is 0 Å². The van der Waals surface area contributed by atoms with Gasteiger partial charge in [0.25, 0.3) is 0 Å². The molecule has 11 heteroatoms. The summed E-state index contributed by atoms with van der Waals surface area (Å²) in [7, 11) is -9.13. The number of hydrogen-bond acceptors (Lipinski definition) is 5. The van der Waals surface area contributed by atoms with Gasteiger partial charge in [0.1, 0.15) is 5.75 Å². The second-order valence-corrected chi connectivity index (χ2v) is 5.19. The number of benzene rings is 1. The molecule has 0 saturated carbocycles. The van der Waals surface area contributed by atoms with E-state index < -0.39 is 32.0 Å². The van der Waals surface area contributed by atoms with Crippen LogP contribution in [0.5, 0.6) is 5.75 Å². The van der Waals surface area contributed by atoms with Gasteiger partial charge in [-0.25, -0.2) is 0 Å². The predicted molar refractivity (Wildman–Crippen MR) is 58.4 cm³/mol. The van der Waals surface area contributed by atoms with Gasteiger partial charge < -0.3 is 5.11 Å². The second kappa shape index (κ2) is 4.37. The van der Waals surface area contributed by atoms with Crippen molar-refractivity contribution < 1.29 is 31.0 Å².